The molecule has 1 heterocycles. The number of carbonyl (C=O) groups is 1. The molecule has 0 radical (unpaired) electrons. The van der Waals surface area contributed by atoms with E-state index in [0.717, 1.165) is 27.6 Å². The zero-order chi connectivity index (χ0) is 23.8. The summed E-state index contributed by atoms with van der Waals surface area (Å²) in [5.41, 5.74) is 2.78. The molecule has 1 aliphatic heterocycles. The van der Waals surface area contributed by atoms with Crippen LogP contribution in [0.15, 0.2) is 65.6 Å². The van der Waals surface area contributed by atoms with Crippen LogP contribution in [0.5, 0.6) is 5.75 Å². The molecule has 0 unspecified atom stereocenters. The third-order valence-corrected chi connectivity index (χ3v) is 7.26. The molecule has 0 aromatic heterocycles. The predicted octanol–water partition coefficient (Wildman–Crippen LogP) is 3.64. The van der Waals surface area contributed by atoms with Crippen molar-refractivity contribution in [3.63, 3.8) is 0 Å². The Labute approximate surface area is 191 Å². The Balaban J connectivity index is 1.72. The van der Waals surface area contributed by atoms with Gasteiger partial charge in [-0.2, -0.15) is 0 Å². The van der Waals surface area contributed by atoms with Gasteiger partial charge in [-0.3, -0.25) is 9.10 Å². The van der Waals surface area contributed by atoms with Gasteiger partial charge in [-0.05, 0) is 67.4 Å². The summed E-state index contributed by atoms with van der Waals surface area (Å²) in [5, 5.41) is 12.4. The summed E-state index contributed by atoms with van der Waals surface area (Å²) in [6, 6.07) is 14.7. The Morgan fingerprint density at radius 1 is 1.12 bits per heavy atom. The molecule has 3 aromatic rings. The first kappa shape index (κ1) is 22.8. The lowest BCUT2D eigenvalue weighted by atomic mass is 10.0. The number of hydrogen-bond acceptors (Lipinski definition) is 5. The third kappa shape index (κ3) is 4.42. The second kappa shape index (κ2) is 8.84. The molecule has 172 valence electrons. The lowest BCUT2D eigenvalue weighted by Gasteiger charge is -2.35. The number of nitrogens with zero attached hydrogens (tertiary/aromatic N) is 1. The quantitative estimate of drug-likeness (QED) is 0.594. The highest BCUT2D eigenvalue weighted by atomic mass is 32.2. The summed E-state index contributed by atoms with van der Waals surface area (Å²) < 4.78 is 46.9. The highest BCUT2D eigenvalue weighted by Gasteiger charge is 2.34. The normalized spacial score (nSPS) is 15.5. The van der Waals surface area contributed by atoms with Crippen LogP contribution in [0.25, 0.3) is 0 Å². The van der Waals surface area contributed by atoms with Crippen LogP contribution in [-0.4, -0.2) is 38.7 Å². The van der Waals surface area contributed by atoms with Crippen LogP contribution in [-0.2, 0) is 10.0 Å². The van der Waals surface area contributed by atoms with Gasteiger partial charge in [0.15, 0.2) is 0 Å². The van der Waals surface area contributed by atoms with E-state index in [0.29, 0.717) is 11.3 Å². The third-order valence-electron chi connectivity index (χ3n) is 5.46. The molecule has 0 spiro atoms. The zero-order valence-electron chi connectivity index (χ0n) is 18.1. The zero-order valence-corrected chi connectivity index (χ0v) is 18.9. The second-order valence-corrected chi connectivity index (χ2v) is 9.68. The van der Waals surface area contributed by atoms with E-state index in [1.807, 2.05) is 32.0 Å². The SMILES string of the molecule is Cc1cccc(C)c1C(=O)Nc1ccc2c(c1)N(S(=O)(=O)c1ccc(F)cc1)C[C@H](CO)O2. The van der Waals surface area contributed by atoms with Crippen molar-refractivity contribution in [2.75, 3.05) is 22.8 Å². The molecule has 0 fully saturated rings. The van der Waals surface area contributed by atoms with Gasteiger partial charge < -0.3 is 15.2 Å². The number of carbonyl (C=O) groups excluding carboxylic acids is 1. The minimum atomic E-state index is -4.08. The number of aliphatic hydroxyl groups is 1. The first-order valence-electron chi connectivity index (χ1n) is 10.3. The van der Waals surface area contributed by atoms with E-state index in [9.17, 15) is 22.7 Å². The number of sulfonamides is 1. The molecule has 33 heavy (non-hydrogen) atoms. The van der Waals surface area contributed by atoms with E-state index >= 15 is 0 Å². The summed E-state index contributed by atoms with van der Waals surface area (Å²) in [7, 11) is -4.08. The smallest absolute Gasteiger partial charge is 0.264 e. The number of aliphatic hydroxyl groups excluding tert-OH is 1. The minimum absolute atomic E-state index is 0.0987. The highest BCUT2D eigenvalue weighted by Crippen LogP contribution is 2.39. The Bertz CT molecular complexity index is 1290. The van der Waals surface area contributed by atoms with E-state index in [-0.39, 0.29) is 35.4 Å². The fourth-order valence-corrected chi connectivity index (χ4v) is 5.31. The average Bonchev–Trinajstić information content (AvgIpc) is 2.78. The summed E-state index contributed by atoms with van der Waals surface area (Å²) in [5.74, 6) is -0.624. The predicted molar refractivity (Wildman–Crippen MR) is 123 cm³/mol. The van der Waals surface area contributed by atoms with Crippen molar-refractivity contribution in [3.8, 4) is 5.75 Å². The number of halogens is 1. The van der Waals surface area contributed by atoms with Crippen LogP contribution in [0.3, 0.4) is 0 Å². The largest absolute Gasteiger partial charge is 0.484 e. The van der Waals surface area contributed by atoms with E-state index in [2.05, 4.69) is 5.32 Å². The average molecular weight is 471 g/mol. The maximum atomic E-state index is 13.3. The molecule has 1 atom stereocenters. The van der Waals surface area contributed by atoms with Crippen molar-refractivity contribution in [1.29, 1.82) is 0 Å². The molecular formula is C24H23FN2O5S. The molecule has 1 aliphatic rings. The maximum absolute atomic E-state index is 13.3. The van der Waals surface area contributed by atoms with Crippen molar-refractivity contribution >= 4 is 27.3 Å². The summed E-state index contributed by atoms with van der Waals surface area (Å²) in [4.78, 5) is 12.8. The first-order valence-corrected chi connectivity index (χ1v) is 11.7. The fraction of sp³-hybridized carbons (Fsp3) is 0.208. The monoisotopic (exact) mass is 470 g/mol. The van der Waals surface area contributed by atoms with Crippen LogP contribution in [0.2, 0.25) is 0 Å². The lowest BCUT2D eigenvalue weighted by molar-refractivity contribution is 0.102. The molecular weight excluding hydrogens is 447 g/mol. The number of anilines is 2. The molecule has 7 nitrogen and oxygen atoms in total. The van der Waals surface area contributed by atoms with Crippen LogP contribution < -0.4 is 14.4 Å². The van der Waals surface area contributed by atoms with Crippen molar-refractivity contribution in [1.82, 2.24) is 0 Å². The highest BCUT2D eigenvalue weighted by molar-refractivity contribution is 7.92. The fourth-order valence-electron chi connectivity index (χ4n) is 3.81. The van der Waals surface area contributed by atoms with Gasteiger partial charge in [-0.1, -0.05) is 18.2 Å². The van der Waals surface area contributed by atoms with Crippen LogP contribution in [0.4, 0.5) is 15.8 Å². The van der Waals surface area contributed by atoms with Gasteiger partial charge in [0.2, 0.25) is 0 Å². The Morgan fingerprint density at radius 3 is 2.42 bits per heavy atom. The van der Waals surface area contributed by atoms with Crippen molar-refractivity contribution in [3.05, 3.63) is 83.2 Å². The van der Waals surface area contributed by atoms with Gasteiger partial charge in [0.25, 0.3) is 15.9 Å². The number of nitrogens with one attached hydrogen (secondary N) is 1. The Morgan fingerprint density at radius 2 is 1.79 bits per heavy atom. The van der Waals surface area contributed by atoms with E-state index in [1.165, 1.54) is 18.2 Å². The van der Waals surface area contributed by atoms with E-state index < -0.39 is 21.9 Å². The molecule has 2 N–H and O–H groups in total. The topological polar surface area (TPSA) is 95.9 Å². The standard InChI is InChI=1S/C24H23FN2O5S/c1-15-4-3-5-16(2)23(15)24(29)26-18-8-11-22-21(12-18)27(13-19(14-28)32-22)33(30,31)20-9-6-17(25)7-10-20/h3-12,19,28H,13-14H2,1-2H3,(H,26,29)/t19-/m1/s1. The molecule has 1 amide bonds. The van der Waals surface area contributed by atoms with Gasteiger partial charge in [0.05, 0.1) is 23.7 Å². The van der Waals surface area contributed by atoms with Crippen molar-refractivity contribution in [2.45, 2.75) is 24.8 Å². The molecule has 9 heteroatoms. The van der Waals surface area contributed by atoms with Gasteiger partial charge in [0.1, 0.15) is 17.7 Å². The van der Waals surface area contributed by atoms with Crippen LogP contribution in [0, 0.1) is 19.7 Å². The van der Waals surface area contributed by atoms with E-state index in [1.54, 1.807) is 12.1 Å². The van der Waals surface area contributed by atoms with E-state index in [4.69, 9.17) is 4.74 Å². The van der Waals surface area contributed by atoms with Crippen molar-refractivity contribution in [2.24, 2.45) is 0 Å². The van der Waals surface area contributed by atoms with Crippen molar-refractivity contribution < 1.29 is 27.4 Å². The van der Waals surface area contributed by atoms with Gasteiger partial charge in [0, 0.05) is 11.3 Å². The number of rotatable bonds is 5. The summed E-state index contributed by atoms with van der Waals surface area (Å²) >= 11 is 0. The second-order valence-electron chi connectivity index (χ2n) is 7.82. The number of aryl methyl sites for hydroxylation is 2. The number of amides is 1. The Hall–Kier alpha value is -3.43. The number of hydrogen-bond donors (Lipinski definition) is 2. The molecule has 4 rings (SSSR count). The number of fused-ring (bicyclic) bond motifs is 1. The van der Waals surface area contributed by atoms with Gasteiger partial charge in [-0.15, -0.1) is 0 Å². The minimum Gasteiger partial charge on any atom is -0.484 e. The number of benzene rings is 3. The summed E-state index contributed by atoms with van der Waals surface area (Å²) in [6.07, 6.45) is -0.775. The molecule has 0 saturated heterocycles. The Kier molecular flexibility index (Phi) is 6.09. The summed E-state index contributed by atoms with van der Waals surface area (Å²) in [6.45, 7) is 3.15. The lowest BCUT2D eigenvalue weighted by Crippen LogP contribution is -2.45. The number of ether oxygens (including phenoxy) is 1. The van der Waals surface area contributed by atoms with Crippen LogP contribution >= 0.6 is 0 Å². The van der Waals surface area contributed by atoms with Crippen LogP contribution in [0.1, 0.15) is 21.5 Å². The molecule has 0 bridgehead atoms. The molecule has 3 aromatic carbocycles. The maximum Gasteiger partial charge on any atom is 0.264 e. The first-order chi connectivity index (χ1) is 15.7. The van der Waals surface area contributed by atoms with Gasteiger partial charge in [-0.25, -0.2) is 12.8 Å². The molecule has 0 aliphatic carbocycles. The van der Waals surface area contributed by atoms with Gasteiger partial charge >= 0.3 is 0 Å². The molecule has 0 saturated carbocycles.